The maximum Gasteiger partial charge on any atom is 0.310 e. The summed E-state index contributed by atoms with van der Waals surface area (Å²) in [7, 11) is 0. The first-order valence-electron chi connectivity index (χ1n) is 9.10. The molecule has 0 saturated carbocycles. The van der Waals surface area contributed by atoms with Crippen LogP contribution in [-0.2, 0) is 20.7 Å². The fourth-order valence-corrected chi connectivity index (χ4v) is 3.32. The SMILES string of the molecule is O=C(COC(=O)Cc1cccc2ccccc12)Nc1cccc2ccccc12. The lowest BCUT2D eigenvalue weighted by Crippen LogP contribution is -2.21. The number of ether oxygens (including phenoxy) is 1. The van der Waals surface area contributed by atoms with Crippen molar-refractivity contribution in [2.24, 2.45) is 0 Å². The minimum absolute atomic E-state index is 0.128. The van der Waals surface area contributed by atoms with Crippen LogP contribution in [0, 0.1) is 0 Å². The predicted molar refractivity (Wildman–Crippen MR) is 111 cm³/mol. The van der Waals surface area contributed by atoms with Gasteiger partial charge in [-0.2, -0.15) is 0 Å². The van der Waals surface area contributed by atoms with Crippen LogP contribution in [0.2, 0.25) is 0 Å². The maximum atomic E-state index is 12.2. The largest absolute Gasteiger partial charge is 0.455 e. The highest BCUT2D eigenvalue weighted by atomic mass is 16.5. The Bertz CT molecular complexity index is 1060. The van der Waals surface area contributed by atoms with Crippen molar-refractivity contribution in [1.82, 2.24) is 0 Å². The summed E-state index contributed by atoms with van der Waals surface area (Å²) >= 11 is 0. The molecule has 1 amide bonds. The molecule has 0 radical (unpaired) electrons. The first-order chi connectivity index (χ1) is 13.7. The van der Waals surface area contributed by atoms with Crippen molar-refractivity contribution in [1.29, 1.82) is 0 Å². The van der Waals surface area contributed by atoms with E-state index in [9.17, 15) is 9.59 Å². The molecule has 138 valence electrons. The molecule has 0 heterocycles. The number of amides is 1. The molecule has 0 fully saturated rings. The van der Waals surface area contributed by atoms with Gasteiger partial charge >= 0.3 is 5.97 Å². The molecule has 0 aliphatic heterocycles. The van der Waals surface area contributed by atoms with Gasteiger partial charge in [-0.05, 0) is 27.8 Å². The molecule has 0 saturated heterocycles. The summed E-state index contributed by atoms with van der Waals surface area (Å²) in [5, 5.41) is 6.88. The third-order valence-corrected chi connectivity index (χ3v) is 4.64. The molecule has 4 heteroatoms. The van der Waals surface area contributed by atoms with Crippen LogP contribution in [-0.4, -0.2) is 18.5 Å². The molecule has 0 aliphatic rings. The van der Waals surface area contributed by atoms with Crippen LogP contribution in [0.15, 0.2) is 84.9 Å². The van der Waals surface area contributed by atoms with Crippen LogP contribution in [0.1, 0.15) is 5.56 Å². The van der Waals surface area contributed by atoms with Gasteiger partial charge in [0.15, 0.2) is 6.61 Å². The van der Waals surface area contributed by atoms with Crippen molar-refractivity contribution in [3.8, 4) is 0 Å². The maximum absolute atomic E-state index is 12.2. The molecule has 28 heavy (non-hydrogen) atoms. The number of carbonyl (C=O) groups is 2. The standard InChI is InChI=1S/C24H19NO3/c26-23(25-22-14-6-10-18-8-2-4-13-21(18)22)16-28-24(27)15-19-11-5-9-17-7-1-3-12-20(17)19/h1-14H,15-16H2,(H,25,26). The van der Waals surface area contributed by atoms with Gasteiger partial charge in [0.05, 0.1) is 6.42 Å². The number of hydrogen-bond acceptors (Lipinski definition) is 3. The van der Waals surface area contributed by atoms with Crippen molar-refractivity contribution in [2.45, 2.75) is 6.42 Å². The topological polar surface area (TPSA) is 55.4 Å². The molecule has 4 aromatic rings. The van der Waals surface area contributed by atoms with Gasteiger partial charge in [-0.3, -0.25) is 9.59 Å². The Morgan fingerprint density at radius 2 is 1.32 bits per heavy atom. The van der Waals surface area contributed by atoms with Gasteiger partial charge in [0.1, 0.15) is 0 Å². The van der Waals surface area contributed by atoms with E-state index in [4.69, 9.17) is 4.74 Å². The summed E-state index contributed by atoms with van der Waals surface area (Å²) in [6, 6.07) is 27.2. The summed E-state index contributed by atoms with van der Waals surface area (Å²) in [5.41, 5.74) is 1.59. The third-order valence-electron chi connectivity index (χ3n) is 4.64. The molecular formula is C24H19NO3. The van der Waals surface area contributed by atoms with E-state index >= 15 is 0 Å². The zero-order valence-corrected chi connectivity index (χ0v) is 15.2. The van der Waals surface area contributed by atoms with Crippen molar-refractivity contribution in [3.05, 3.63) is 90.5 Å². The molecule has 0 aliphatic carbocycles. The molecule has 0 atom stereocenters. The summed E-state index contributed by atoms with van der Waals surface area (Å²) in [6.07, 6.45) is 0.128. The Morgan fingerprint density at radius 3 is 2.11 bits per heavy atom. The Hall–Kier alpha value is -3.66. The lowest BCUT2D eigenvalue weighted by atomic mass is 10.0. The molecule has 4 rings (SSSR count). The number of benzene rings is 4. The van der Waals surface area contributed by atoms with Crippen LogP contribution >= 0.6 is 0 Å². The van der Waals surface area contributed by atoms with E-state index in [1.165, 1.54) is 0 Å². The fourth-order valence-electron chi connectivity index (χ4n) is 3.32. The van der Waals surface area contributed by atoms with Gasteiger partial charge in [0.25, 0.3) is 5.91 Å². The highest BCUT2D eigenvalue weighted by Crippen LogP contribution is 2.23. The van der Waals surface area contributed by atoms with E-state index in [1.54, 1.807) is 0 Å². The Balaban J connectivity index is 1.38. The van der Waals surface area contributed by atoms with Crippen LogP contribution in [0.25, 0.3) is 21.5 Å². The molecule has 0 unspecified atom stereocenters. The van der Waals surface area contributed by atoms with Crippen LogP contribution < -0.4 is 5.32 Å². The van der Waals surface area contributed by atoms with E-state index in [0.717, 1.165) is 27.1 Å². The number of nitrogens with one attached hydrogen (secondary N) is 1. The van der Waals surface area contributed by atoms with Gasteiger partial charge in [0.2, 0.25) is 0 Å². The quantitative estimate of drug-likeness (QED) is 0.518. The van der Waals surface area contributed by atoms with Crippen molar-refractivity contribution < 1.29 is 14.3 Å². The Morgan fingerprint density at radius 1 is 0.714 bits per heavy atom. The Labute approximate surface area is 162 Å². The minimum Gasteiger partial charge on any atom is -0.455 e. The van der Waals surface area contributed by atoms with Crippen molar-refractivity contribution in [2.75, 3.05) is 11.9 Å². The lowest BCUT2D eigenvalue weighted by molar-refractivity contribution is -0.146. The second-order valence-electron chi connectivity index (χ2n) is 6.55. The number of rotatable bonds is 5. The Kier molecular flexibility index (Phi) is 5.02. The second kappa shape index (κ2) is 7.92. The average Bonchev–Trinajstić information content (AvgIpc) is 2.73. The summed E-state index contributed by atoms with van der Waals surface area (Å²) in [4.78, 5) is 24.5. The van der Waals surface area contributed by atoms with Crippen LogP contribution in [0.4, 0.5) is 5.69 Å². The zero-order valence-electron chi connectivity index (χ0n) is 15.2. The van der Waals surface area contributed by atoms with Gasteiger partial charge in [0, 0.05) is 11.1 Å². The van der Waals surface area contributed by atoms with Crippen molar-refractivity contribution >= 4 is 39.1 Å². The van der Waals surface area contributed by atoms with E-state index in [2.05, 4.69) is 5.32 Å². The van der Waals surface area contributed by atoms with Crippen molar-refractivity contribution in [3.63, 3.8) is 0 Å². The van der Waals surface area contributed by atoms with Gasteiger partial charge in [-0.1, -0.05) is 78.9 Å². The van der Waals surface area contributed by atoms with Gasteiger partial charge < -0.3 is 10.1 Å². The predicted octanol–water partition coefficient (Wildman–Crippen LogP) is 4.72. The number of esters is 1. The lowest BCUT2D eigenvalue weighted by Gasteiger charge is -2.10. The highest BCUT2D eigenvalue weighted by molar-refractivity contribution is 6.02. The number of carbonyl (C=O) groups excluding carboxylic acids is 2. The highest BCUT2D eigenvalue weighted by Gasteiger charge is 2.11. The fraction of sp³-hybridized carbons (Fsp3) is 0.0833. The zero-order chi connectivity index (χ0) is 19.3. The van der Waals surface area contributed by atoms with Gasteiger partial charge in [-0.15, -0.1) is 0 Å². The monoisotopic (exact) mass is 369 g/mol. The average molecular weight is 369 g/mol. The summed E-state index contributed by atoms with van der Waals surface area (Å²) < 4.78 is 5.19. The number of anilines is 1. The smallest absolute Gasteiger partial charge is 0.310 e. The van der Waals surface area contributed by atoms with E-state index < -0.39 is 5.97 Å². The molecular weight excluding hydrogens is 350 g/mol. The number of hydrogen-bond donors (Lipinski definition) is 1. The molecule has 0 bridgehead atoms. The first-order valence-corrected chi connectivity index (χ1v) is 9.10. The first kappa shape index (κ1) is 17.7. The van der Waals surface area contributed by atoms with Gasteiger partial charge in [-0.25, -0.2) is 0 Å². The van der Waals surface area contributed by atoms with E-state index in [-0.39, 0.29) is 18.9 Å². The third kappa shape index (κ3) is 3.86. The van der Waals surface area contributed by atoms with E-state index in [0.29, 0.717) is 5.69 Å². The van der Waals surface area contributed by atoms with Crippen LogP contribution in [0.5, 0.6) is 0 Å². The minimum atomic E-state index is -0.426. The molecule has 0 spiro atoms. The molecule has 4 nitrogen and oxygen atoms in total. The molecule has 4 aromatic carbocycles. The summed E-state index contributed by atoms with van der Waals surface area (Å²) in [5.74, 6) is -0.785. The molecule has 1 N–H and O–H groups in total. The van der Waals surface area contributed by atoms with Crippen LogP contribution in [0.3, 0.4) is 0 Å². The van der Waals surface area contributed by atoms with E-state index in [1.807, 2.05) is 84.9 Å². The molecule has 0 aromatic heterocycles. The number of fused-ring (bicyclic) bond motifs is 2. The normalized spacial score (nSPS) is 10.7. The summed E-state index contributed by atoms with van der Waals surface area (Å²) in [6.45, 7) is -0.313. The second-order valence-corrected chi connectivity index (χ2v) is 6.55.